The molecule has 2 amide bonds. The first kappa shape index (κ1) is 19.7. The predicted octanol–water partition coefficient (Wildman–Crippen LogP) is 3.27. The minimum absolute atomic E-state index is 0.0196. The van der Waals surface area contributed by atoms with Crippen molar-refractivity contribution in [3.63, 3.8) is 0 Å². The van der Waals surface area contributed by atoms with Gasteiger partial charge in [0.25, 0.3) is 5.91 Å². The molecule has 160 valence electrons. The molecule has 3 heterocycles. The minimum Gasteiger partial charge on any atom is -0.349 e. The molecule has 2 aliphatic rings. The van der Waals surface area contributed by atoms with Crippen LogP contribution in [0, 0.1) is 18.2 Å². The lowest BCUT2D eigenvalue weighted by Crippen LogP contribution is -2.43. The normalized spacial score (nSPS) is 23.6. The number of hydrogen-bond donors (Lipinski definition) is 1. The third-order valence-electron chi connectivity index (χ3n) is 6.66. The number of rotatable bonds is 3. The number of benzene rings is 1. The van der Waals surface area contributed by atoms with Gasteiger partial charge in [0.05, 0.1) is 11.6 Å². The number of carbonyl (C=O) groups is 2. The van der Waals surface area contributed by atoms with E-state index in [1.165, 1.54) is 12.1 Å². The van der Waals surface area contributed by atoms with E-state index >= 15 is 0 Å². The number of amides is 2. The summed E-state index contributed by atoms with van der Waals surface area (Å²) < 4.78 is 14.8. The van der Waals surface area contributed by atoms with Crippen molar-refractivity contribution in [1.82, 2.24) is 19.9 Å². The SMILES string of the molecule is Cc1cnc2c(C(=O)N[C@H]3CC[C@@]4(CCN(c5ccc(F)cc5)C4=O)CC3)cnn2c1. The molecule has 0 atom stereocenters. The van der Waals surface area contributed by atoms with Crippen molar-refractivity contribution >= 4 is 23.1 Å². The number of fused-ring (bicyclic) bond motifs is 1. The Hall–Kier alpha value is -3.29. The molecule has 1 aliphatic carbocycles. The van der Waals surface area contributed by atoms with E-state index in [2.05, 4.69) is 15.4 Å². The van der Waals surface area contributed by atoms with Crippen molar-refractivity contribution in [2.75, 3.05) is 11.4 Å². The number of hydrogen-bond acceptors (Lipinski definition) is 4. The first-order valence-corrected chi connectivity index (χ1v) is 10.6. The van der Waals surface area contributed by atoms with E-state index in [1.54, 1.807) is 33.9 Å². The summed E-state index contributed by atoms with van der Waals surface area (Å²) in [6, 6.07) is 6.10. The van der Waals surface area contributed by atoms with E-state index in [4.69, 9.17) is 0 Å². The molecule has 0 bridgehead atoms. The van der Waals surface area contributed by atoms with Crippen LogP contribution >= 0.6 is 0 Å². The van der Waals surface area contributed by atoms with Crippen molar-refractivity contribution in [3.05, 3.63) is 59.8 Å². The maximum atomic E-state index is 13.2. The van der Waals surface area contributed by atoms with Crippen LogP contribution < -0.4 is 10.2 Å². The lowest BCUT2D eigenvalue weighted by molar-refractivity contribution is -0.127. The van der Waals surface area contributed by atoms with Gasteiger partial charge in [0.1, 0.15) is 11.4 Å². The Bertz CT molecular complexity index is 1150. The fourth-order valence-electron chi connectivity index (χ4n) is 4.86. The van der Waals surface area contributed by atoms with E-state index in [-0.39, 0.29) is 29.1 Å². The number of carbonyl (C=O) groups excluding carboxylic acids is 2. The van der Waals surface area contributed by atoms with Gasteiger partial charge in [0, 0.05) is 30.7 Å². The smallest absolute Gasteiger partial charge is 0.256 e. The zero-order valence-corrected chi connectivity index (χ0v) is 17.3. The molecule has 1 N–H and O–H groups in total. The molecule has 5 rings (SSSR count). The van der Waals surface area contributed by atoms with Crippen LogP contribution in [0.1, 0.15) is 48.0 Å². The third kappa shape index (κ3) is 3.45. The van der Waals surface area contributed by atoms with Crippen LogP contribution in [0.15, 0.2) is 42.9 Å². The van der Waals surface area contributed by atoms with Crippen LogP contribution in [-0.2, 0) is 4.79 Å². The first-order chi connectivity index (χ1) is 14.9. The predicted molar refractivity (Wildman–Crippen MR) is 113 cm³/mol. The highest BCUT2D eigenvalue weighted by atomic mass is 19.1. The van der Waals surface area contributed by atoms with E-state index < -0.39 is 0 Å². The molecule has 0 radical (unpaired) electrons. The summed E-state index contributed by atoms with van der Waals surface area (Å²) in [6.45, 7) is 2.57. The molecule has 2 fully saturated rings. The van der Waals surface area contributed by atoms with Crippen LogP contribution in [0.2, 0.25) is 0 Å². The monoisotopic (exact) mass is 421 g/mol. The third-order valence-corrected chi connectivity index (χ3v) is 6.66. The van der Waals surface area contributed by atoms with Gasteiger partial charge in [-0.2, -0.15) is 5.10 Å². The van der Waals surface area contributed by atoms with Gasteiger partial charge >= 0.3 is 0 Å². The number of aromatic nitrogens is 3. The summed E-state index contributed by atoms with van der Waals surface area (Å²) >= 11 is 0. The van der Waals surface area contributed by atoms with Crippen molar-refractivity contribution in [2.24, 2.45) is 5.41 Å². The Labute approximate surface area is 179 Å². The van der Waals surface area contributed by atoms with Gasteiger partial charge in [-0.05, 0) is 68.9 Å². The zero-order valence-electron chi connectivity index (χ0n) is 17.3. The Balaban J connectivity index is 1.23. The van der Waals surface area contributed by atoms with Gasteiger partial charge in [-0.3, -0.25) is 9.59 Å². The highest BCUT2D eigenvalue weighted by molar-refractivity contribution is 6.00. The first-order valence-electron chi connectivity index (χ1n) is 10.6. The fraction of sp³-hybridized carbons (Fsp3) is 0.391. The number of nitrogens with one attached hydrogen (secondary N) is 1. The zero-order chi connectivity index (χ0) is 21.6. The summed E-state index contributed by atoms with van der Waals surface area (Å²) in [5.41, 5.74) is 2.33. The van der Waals surface area contributed by atoms with Gasteiger partial charge in [0.2, 0.25) is 5.91 Å². The molecule has 31 heavy (non-hydrogen) atoms. The molecule has 0 unspecified atom stereocenters. The summed E-state index contributed by atoms with van der Waals surface area (Å²) in [5, 5.41) is 7.32. The van der Waals surface area contributed by atoms with E-state index in [0.717, 1.165) is 43.4 Å². The second-order valence-corrected chi connectivity index (χ2v) is 8.67. The molecular formula is C23H24FN5O2. The fourth-order valence-corrected chi connectivity index (χ4v) is 4.86. The van der Waals surface area contributed by atoms with E-state index in [0.29, 0.717) is 17.8 Å². The minimum atomic E-state index is -0.376. The topological polar surface area (TPSA) is 79.6 Å². The Morgan fingerprint density at radius 3 is 2.65 bits per heavy atom. The summed E-state index contributed by atoms with van der Waals surface area (Å²) in [6.07, 6.45) is 8.87. The van der Waals surface area contributed by atoms with Crippen molar-refractivity contribution in [3.8, 4) is 0 Å². The van der Waals surface area contributed by atoms with Crippen molar-refractivity contribution < 1.29 is 14.0 Å². The molecule has 7 nitrogen and oxygen atoms in total. The van der Waals surface area contributed by atoms with Gasteiger partial charge in [-0.25, -0.2) is 13.9 Å². The Kier molecular flexibility index (Phi) is 4.72. The summed E-state index contributed by atoms with van der Waals surface area (Å²) in [4.78, 5) is 32.1. The highest BCUT2D eigenvalue weighted by Crippen LogP contribution is 2.46. The molecule has 1 aliphatic heterocycles. The molecule has 1 saturated heterocycles. The van der Waals surface area contributed by atoms with Crippen LogP contribution in [-0.4, -0.2) is 39.0 Å². The second kappa shape index (κ2) is 7.44. The molecule has 1 saturated carbocycles. The number of nitrogens with zero attached hydrogens (tertiary/aromatic N) is 4. The average molecular weight is 421 g/mol. The highest BCUT2D eigenvalue weighted by Gasteiger charge is 2.48. The number of anilines is 1. The lowest BCUT2D eigenvalue weighted by atomic mass is 9.71. The van der Waals surface area contributed by atoms with E-state index in [9.17, 15) is 14.0 Å². The quantitative estimate of drug-likeness (QED) is 0.704. The lowest BCUT2D eigenvalue weighted by Gasteiger charge is -2.36. The van der Waals surface area contributed by atoms with Crippen LogP contribution in [0.4, 0.5) is 10.1 Å². The molecule has 1 aromatic carbocycles. The molecule has 3 aromatic rings. The van der Waals surface area contributed by atoms with Crippen LogP contribution in [0.3, 0.4) is 0 Å². The largest absolute Gasteiger partial charge is 0.349 e. The summed E-state index contributed by atoms with van der Waals surface area (Å²) in [7, 11) is 0. The van der Waals surface area contributed by atoms with Crippen molar-refractivity contribution in [2.45, 2.75) is 45.1 Å². The van der Waals surface area contributed by atoms with Gasteiger partial charge in [-0.15, -0.1) is 0 Å². The number of halogens is 1. The van der Waals surface area contributed by atoms with Crippen LogP contribution in [0.5, 0.6) is 0 Å². The Morgan fingerprint density at radius 1 is 1.16 bits per heavy atom. The molecule has 8 heteroatoms. The maximum Gasteiger partial charge on any atom is 0.256 e. The average Bonchev–Trinajstić information content (AvgIpc) is 3.32. The van der Waals surface area contributed by atoms with Gasteiger partial charge in [0.15, 0.2) is 5.65 Å². The van der Waals surface area contributed by atoms with Gasteiger partial charge < -0.3 is 10.2 Å². The second-order valence-electron chi connectivity index (χ2n) is 8.67. The molecular weight excluding hydrogens is 397 g/mol. The standard InChI is InChI=1S/C23H24FN5O2/c1-15-12-25-20-19(13-26-29(20)14-15)21(30)27-17-6-8-23(9-7-17)10-11-28(22(23)31)18-4-2-16(24)3-5-18/h2-5,12-14,17H,6-11H2,1H3,(H,27,30)/t17-,23-. The molecule has 1 spiro atoms. The number of aryl methyl sites for hydroxylation is 1. The maximum absolute atomic E-state index is 13.2. The van der Waals surface area contributed by atoms with E-state index in [1.807, 2.05) is 13.1 Å². The summed E-state index contributed by atoms with van der Waals surface area (Å²) in [5.74, 6) is -0.373. The van der Waals surface area contributed by atoms with Crippen molar-refractivity contribution in [1.29, 1.82) is 0 Å². The van der Waals surface area contributed by atoms with Crippen LogP contribution in [0.25, 0.3) is 5.65 Å². The molecule has 2 aromatic heterocycles. The van der Waals surface area contributed by atoms with Gasteiger partial charge in [-0.1, -0.05) is 0 Å². The Morgan fingerprint density at radius 2 is 1.90 bits per heavy atom.